The van der Waals surface area contributed by atoms with Gasteiger partial charge in [0.25, 0.3) is 5.91 Å². The van der Waals surface area contributed by atoms with Crippen molar-refractivity contribution in [3.63, 3.8) is 0 Å². The van der Waals surface area contributed by atoms with Crippen molar-refractivity contribution in [2.24, 2.45) is 0 Å². The molecule has 0 saturated heterocycles. The lowest BCUT2D eigenvalue weighted by molar-refractivity contribution is -0.113. The summed E-state index contributed by atoms with van der Waals surface area (Å²) < 4.78 is 1.78. The molecule has 1 heterocycles. The van der Waals surface area contributed by atoms with Gasteiger partial charge in [0, 0.05) is 16.9 Å². The van der Waals surface area contributed by atoms with Gasteiger partial charge in [-0.2, -0.15) is 0 Å². The summed E-state index contributed by atoms with van der Waals surface area (Å²) in [6, 6.07) is 19.1. The molecule has 32 heavy (non-hydrogen) atoms. The van der Waals surface area contributed by atoms with Crippen LogP contribution in [0.3, 0.4) is 0 Å². The van der Waals surface area contributed by atoms with Crippen molar-refractivity contribution in [3.8, 4) is 0 Å². The van der Waals surface area contributed by atoms with Gasteiger partial charge in [-0.1, -0.05) is 47.7 Å². The molecule has 0 fully saturated rings. The Kier molecular flexibility index (Phi) is 6.58. The maximum atomic E-state index is 12.6. The molecule has 0 bridgehead atoms. The topological polar surface area (TPSA) is 71.1 Å². The number of hydrogen-bond acceptors (Lipinski definition) is 5. The summed E-state index contributed by atoms with van der Waals surface area (Å²) in [6.45, 7) is 5.93. The van der Waals surface area contributed by atoms with Crippen LogP contribution in [0.4, 0.5) is 11.4 Å². The van der Waals surface area contributed by atoms with Gasteiger partial charge in [0.2, 0.25) is 5.91 Å². The minimum Gasteiger partial charge on any atom is -0.325 e. The second kappa shape index (κ2) is 9.54. The Morgan fingerprint density at radius 2 is 1.75 bits per heavy atom. The monoisotopic (exact) mass is 461 g/mol. The highest BCUT2D eigenvalue weighted by molar-refractivity contribution is 8.01. The molecule has 162 valence electrons. The molecule has 2 amide bonds. The molecule has 0 spiro atoms. The van der Waals surface area contributed by atoms with E-state index in [0.29, 0.717) is 5.56 Å². The van der Waals surface area contributed by atoms with Gasteiger partial charge in [0.05, 0.1) is 16.0 Å². The molecule has 0 radical (unpaired) electrons. The van der Waals surface area contributed by atoms with Crippen LogP contribution in [0.2, 0.25) is 0 Å². The molecule has 4 aromatic rings. The molecular weight excluding hydrogens is 438 g/mol. The number of rotatable bonds is 6. The number of nitrogens with one attached hydrogen (secondary N) is 2. The maximum absolute atomic E-state index is 12.6. The predicted octanol–water partition coefficient (Wildman–Crippen LogP) is 6.20. The summed E-state index contributed by atoms with van der Waals surface area (Å²) in [7, 11) is 0. The predicted molar refractivity (Wildman–Crippen MR) is 134 cm³/mol. The average molecular weight is 462 g/mol. The van der Waals surface area contributed by atoms with Gasteiger partial charge in [-0.25, -0.2) is 4.98 Å². The number of aryl methyl sites for hydroxylation is 3. The molecule has 0 aliphatic heterocycles. The summed E-state index contributed by atoms with van der Waals surface area (Å²) in [5, 5.41) is 5.92. The van der Waals surface area contributed by atoms with E-state index < -0.39 is 0 Å². The summed E-state index contributed by atoms with van der Waals surface area (Å²) >= 11 is 2.92. The molecule has 0 saturated carbocycles. The van der Waals surface area contributed by atoms with Crippen LogP contribution in [0.15, 0.2) is 65.0 Å². The fourth-order valence-electron chi connectivity index (χ4n) is 3.34. The van der Waals surface area contributed by atoms with Gasteiger partial charge in [-0.05, 0) is 62.2 Å². The number of carbonyl (C=O) groups excluding carboxylic acids is 2. The SMILES string of the molecule is Cc1ccc(NC(=O)CSc2nc3ccc(NC(=O)c4ccccc4C)cc3s2)c(C)c1. The number of anilines is 2. The summed E-state index contributed by atoms with van der Waals surface area (Å²) in [5.41, 5.74) is 6.20. The zero-order chi connectivity index (χ0) is 22.7. The van der Waals surface area contributed by atoms with Crippen molar-refractivity contribution in [1.82, 2.24) is 4.98 Å². The van der Waals surface area contributed by atoms with E-state index >= 15 is 0 Å². The highest BCUT2D eigenvalue weighted by Crippen LogP contribution is 2.31. The zero-order valence-electron chi connectivity index (χ0n) is 18.1. The van der Waals surface area contributed by atoms with E-state index in [1.54, 1.807) is 0 Å². The third-order valence-electron chi connectivity index (χ3n) is 5.00. The van der Waals surface area contributed by atoms with Gasteiger partial charge in [-0.15, -0.1) is 11.3 Å². The Bertz CT molecular complexity index is 1310. The fraction of sp³-hybridized carbons (Fsp3) is 0.160. The highest BCUT2D eigenvalue weighted by atomic mass is 32.2. The standard InChI is InChI=1S/C25H23N3O2S2/c1-15-8-10-20(17(3)12-15)27-23(29)14-31-25-28-21-11-9-18(13-22(21)32-25)26-24(30)19-7-5-4-6-16(19)2/h4-13H,14H2,1-3H3,(H,26,30)(H,27,29). The van der Waals surface area contributed by atoms with Crippen molar-refractivity contribution in [1.29, 1.82) is 0 Å². The molecule has 4 rings (SSSR count). The number of thiazole rings is 1. The Morgan fingerprint density at radius 3 is 2.53 bits per heavy atom. The van der Waals surface area contributed by atoms with Crippen molar-refractivity contribution in [2.75, 3.05) is 16.4 Å². The minimum atomic E-state index is -0.135. The lowest BCUT2D eigenvalue weighted by Crippen LogP contribution is -2.14. The summed E-state index contributed by atoms with van der Waals surface area (Å²) in [5.74, 6) is 0.0846. The highest BCUT2D eigenvalue weighted by Gasteiger charge is 2.12. The normalized spacial score (nSPS) is 10.8. The smallest absolute Gasteiger partial charge is 0.255 e. The second-order valence-corrected chi connectivity index (χ2v) is 9.84. The van der Waals surface area contributed by atoms with E-state index in [1.165, 1.54) is 28.7 Å². The third-order valence-corrected chi connectivity index (χ3v) is 7.16. The van der Waals surface area contributed by atoms with Crippen molar-refractivity contribution in [2.45, 2.75) is 25.1 Å². The van der Waals surface area contributed by atoms with Crippen molar-refractivity contribution in [3.05, 3.63) is 82.9 Å². The van der Waals surface area contributed by atoms with Gasteiger partial charge in [-0.3, -0.25) is 9.59 Å². The number of carbonyl (C=O) groups is 2. The third kappa shape index (κ3) is 5.18. The Labute approximate surface area is 195 Å². The van der Waals surface area contributed by atoms with Crippen LogP contribution in [0.25, 0.3) is 10.2 Å². The number of fused-ring (bicyclic) bond motifs is 1. The van der Waals surface area contributed by atoms with E-state index in [-0.39, 0.29) is 17.6 Å². The molecule has 5 nitrogen and oxygen atoms in total. The number of amides is 2. The zero-order valence-corrected chi connectivity index (χ0v) is 19.7. The molecule has 7 heteroatoms. The molecule has 0 unspecified atom stereocenters. The minimum absolute atomic E-state index is 0.0626. The average Bonchev–Trinajstić information content (AvgIpc) is 3.17. The first-order valence-electron chi connectivity index (χ1n) is 10.2. The number of nitrogens with zero attached hydrogens (tertiary/aromatic N) is 1. The number of aromatic nitrogens is 1. The van der Waals surface area contributed by atoms with Gasteiger partial charge in [0.15, 0.2) is 4.34 Å². The summed E-state index contributed by atoms with van der Waals surface area (Å²) in [6.07, 6.45) is 0. The quantitative estimate of drug-likeness (QED) is 0.335. The van der Waals surface area contributed by atoms with E-state index in [4.69, 9.17) is 0 Å². The first kappa shape index (κ1) is 22.0. The first-order chi connectivity index (χ1) is 15.4. The number of thioether (sulfide) groups is 1. The Morgan fingerprint density at radius 1 is 0.938 bits per heavy atom. The lowest BCUT2D eigenvalue weighted by atomic mass is 10.1. The molecule has 2 N–H and O–H groups in total. The molecular formula is C25H23N3O2S2. The van der Waals surface area contributed by atoms with Crippen LogP contribution in [0.5, 0.6) is 0 Å². The van der Waals surface area contributed by atoms with Gasteiger partial charge in [0.1, 0.15) is 0 Å². The Hall–Kier alpha value is -3.16. The molecule has 3 aromatic carbocycles. The van der Waals surface area contributed by atoms with Crippen LogP contribution in [0.1, 0.15) is 27.0 Å². The summed E-state index contributed by atoms with van der Waals surface area (Å²) in [4.78, 5) is 29.5. The van der Waals surface area contributed by atoms with Crippen molar-refractivity contribution >= 4 is 56.5 Å². The molecule has 0 aliphatic rings. The van der Waals surface area contributed by atoms with Crippen LogP contribution < -0.4 is 10.6 Å². The largest absolute Gasteiger partial charge is 0.325 e. The van der Waals surface area contributed by atoms with Gasteiger partial charge >= 0.3 is 0 Å². The van der Waals surface area contributed by atoms with Crippen LogP contribution in [-0.4, -0.2) is 22.6 Å². The van der Waals surface area contributed by atoms with E-state index in [9.17, 15) is 9.59 Å². The van der Waals surface area contributed by atoms with Crippen LogP contribution in [0, 0.1) is 20.8 Å². The molecule has 0 aliphatic carbocycles. The molecule has 1 aromatic heterocycles. The van der Waals surface area contributed by atoms with E-state index in [2.05, 4.69) is 15.6 Å². The van der Waals surface area contributed by atoms with Crippen molar-refractivity contribution < 1.29 is 9.59 Å². The Balaban J connectivity index is 1.40. The lowest BCUT2D eigenvalue weighted by Gasteiger charge is -2.08. The first-order valence-corrected chi connectivity index (χ1v) is 12.0. The van der Waals surface area contributed by atoms with E-state index in [1.807, 2.05) is 81.4 Å². The fourth-order valence-corrected chi connectivity index (χ4v) is 5.24. The second-order valence-electron chi connectivity index (χ2n) is 7.59. The maximum Gasteiger partial charge on any atom is 0.255 e. The van der Waals surface area contributed by atoms with Gasteiger partial charge < -0.3 is 10.6 Å². The number of hydrogen-bond donors (Lipinski definition) is 2. The van der Waals surface area contributed by atoms with Crippen LogP contribution >= 0.6 is 23.1 Å². The number of benzene rings is 3. The molecule has 0 atom stereocenters. The van der Waals surface area contributed by atoms with Crippen LogP contribution in [-0.2, 0) is 4.79 Å². The van der Waals surface area contributed by atoms with E-state index in [0.717, 1.165) is 37.1 Å².